The van der Waals surface area contributed by atoms with Gasteiger partial charge >= 0.3 is 0 Å². The van der Waals surface area contributed by atoms with Gasteiger partial charge in [-0.1, -0.05) is 0 Å². The van der Waals surface area contributed by atoms with Crippen molar-refractivity contribution < 1.29 is 23.7 Å². The van der Waals surface area contributed by atoms with Crippen molar-refractivity contribution in [1.82, 2.24) is 10.2 Å². The van der Waals surface area contributed by atoms with E-state index in [1.54, 1.807) is 6.07 Å². The van der Waals surface area contributed by atoms with Gasteiger partial charge in [-0.2, -0.15) is 5.26 Å². The molecule has 0 saturated heterocycles. The molecular formula is C17H16N4O5. The lowest BCUT2D eigenvalue weighted by Gasteiger charge is -2.25. The van der Waals surface area contributed by atoms with Gasteiger partial charge < -0.3 is 29.4 Å². The molecule has 2 aliphatic rings. The summed E-state index contributed by atoms with van der Waals surface area (Å²) in [5, 5.41) is 16.7. The second kappa shape index (κ2) is 5.77. The van der Waals surface area contributed by atoms with Crippen LogP contribution in [0.5, 0.6) is 28.9 Å². The summed E-state index contributed by atoms with van der Waals surface area (Å²) in [5.41, 5.74) is 8.32. The number of aromatic amines is 1. The minimum Gasteiger partial charge on any atom is -0.493 e. The Hall–Kier alpha value is -3.54. The van der Waals surface area contributed by atoms with E-state index in [2.05, 4.69) is 16.3 Å². The van der Waals surface area contributed by atoms with Crippen LogP contribution < -0.4 is 29.4 Å². The molecule has 9 nitrogen and oxygen atoms in total. The maximum Gasteiger partial charge on any atom is 0.244 e. The van der Waals surface area contributed by atoms with Crippen LogP contribution in [0.25, 0.3) is 0 Å². The molecule has 1 aromatic carbocycles. The van der Waals surface area contributed by atoms with Crippen molar-refractivity contribution in [2.45, 2.75) is 12.8 Å². The zero-order chi connectivity index (χ0) is 18.4. The zero-order valence-electron chi connectivity index (χ0n) is 14.4. The van der Waals surface area contributed by atoms with Crippen molar-refractivity contribution in [3.63, 3.8) is 0 Å². The number of rotatable bonds is 3. The second-order valence-corrected chi connectivity index (χ2v) is 5.76. The third-order valence-electron chi connectivity index (χ3n) is 4.46. The molecule has 26 heavy (non-hydrogen) atoms. The fraction of sp³-hybridized carbons (Fsp3) is 0.294. The molecule has 1 unspecified atom stereocenters. The number of H-pyrrole nitrogens is 1. The first-order valence-corrected chi connectivity index (χ1v) is 7.77. The summed E-state index contributed by atoms with van der Waals surface area (Å²) in [6.07, 6.45) is 0. The summed E-state index contributed by atoms with van der Waals surface area (Å²) in [5.74, 6) is 1.56. The number of nitrogens with zero attached hydrogens (tertiary/aromatic N) is 2. The number of hydrogen-bond acceptors (Lipinski definition) is 8. The fourth-order valence-corrected chi connectivity index (χ4v) is 3.32. The zero-order valence-corrected chi connectivity index (χ0v) is 14.4. The number of ether oxygens (including phenoxy) is 5. The molecule has 1 atom stereocenters. The second-order valence-electron chi connectivity index (χ2n) is 5.76. The SMILES string of the molecule is COc1cc(C2C(C#N)=C(N)Oc3n[nH]c(C)c32)c(OC)c2c1OCO2. The average Bonchev–Trinajstić information content (AvgIpc) is 3.26. The molecule has 0 radical (unpaired) electrons. The van der Waals surface area contributed by atoms with Gasteiger partial charge in [0.05, 0.1) is 20.1 Å². The van der Waals surface area contributed by atoms with Crippen LogP contribution in [0.3, 0.4) is 0 Å². The van der Waals surface area contributed by atoms with Crippen molar-refractivity contribution in [2.75, 3.05) is 21.0 Å². The smallest absolute Gasteiger partial charge is 0.244 e. The first-order valence-electron chi connectivity index (χ1n) is 7.77. The first-order chi connectivity index (χ1) is 12.6. The maximum absolute atomic E-state index is 9.70. The van der Waals surface area contributed by atoms with Gasteiger partial charge in [0.25, 0.3) is 0 Å². The largest absolute Gasteiger partial charge is 0.493 e. The molecular weight excluding hydrogens is 340 g/mol. The van der Waals surface area contributed by atoms with E-state index in [1.807, 2.05) is 6.92 Å². The third-order valence-corrected chi connectivity index (χ3v) is 4.46. The minimum atomic E-state index is -0.555. The number of aromatic nitrogens is 2. The number of nitrogens with two attached hydrogens (primary N) is 1. The van der Waals surface area contributed by atoms with E-state index in [1.165, 1.54) is 14.2 Å². The molecule has 4 rings (SSSR count). The van der Waals surface area contributed by atoms with Crippen LogP contribution in [-0.2, 0) is 0 Å². The van der Waals surface area contributed by atoms with Gasteiger partial charge in [0.2, 0.25) is 30.1 Å². The number of nitriles is 1. The normalized spacial score (nSPS) is 17.4. The van der Waals surface area contributed by atoms with Crippen LogP contribution in [0.2, 0.25) is 0 Å². The summed E-state index contributed by atoms with van der Waals surface area (Å²) in [7, 11) is 3.05. The standard InChI is InChI=1S/C17H16N4O5/c1-7-11-12(9(5-18)16(19)26-17(11)21-20-7)8-4-10(22-2)14-15(13(8)23-3)25-6-24-14/h4,12H,6,19H2,1-3H3,(H,20,21). The van der Waals surface area contributed by atoms with Gasteiger partial charge in [0, 0.05) is 16.8 Å². The molecule has 1 aromatic heterocycles. The monoisotopic (exact) mass is 356 g/mol. The predicted octanol–water partition coefficient (Wildman–Crippen LogP) is 1.68. The number of benzene rings is 1. The summed E-state index contributed by atoms with van der Waals surface area (Å²) >= 11 is 0. The van der Waals surface area contributed by atoms with Gasteiger partial charge in [-0.15, -0.1) is 5.10 Å². The van der Waals surface area contributed by atoms with Crippen molar-refractivity contribution in [2.24, 2.45) is 5.73 Å². The van der Waals surface area contributed by atoms with Crippen LogP contribution >= 0.6 is 0 Å². The Labute approximate surface area is 148 Å². The highest BCUT2D eigenvalue weighted by Crippen LogP contribution is 2.54. The molecule has 0 spiro atoms. The Morgan fingerprint density at radius 1 is 1.31 bits per heavy atom. The van der Waals surface area contributed by atoms with Crippen LogP contribution in [0.1, 0.15) is 22.7 Å². The molecule has 9 heteroatoms. The van der Waals surface area contributed by atoms with Gasteiger partial charge in [-0.05, 0) is 13.0 Å². The van der Waals surface area contributed by atoms with E-state index in [4.69, 9.17) is 29.4 Å². The Morgan fingerprint density at radius 2 is 2.08 bits per heavy atom. The third kappa shape index (κ3) is 2.05. The number of methoxy groups -OCH3 is 2. The predicted molar refractivity (Wildman–Crippen MR) is 88.3 cm³/mol. The summed E-state index contributed by atoms with van der Waals surface area (Å²) in [6, 6.07) is 3.89. The van der Waals surface area contributed by atoms with E-state index >= 15 is 0 Å². The van der Waals surface area contributed by atoms with Crippen molar-refractivity contribution in [3.05, 3.63) is 34.3 Å². The lowest BCUT2D eigenvalue weighted by atomic mass is 9.83. The van der Waals surface area contributed by atoms with Gasteiger partial charge in [0.1, 0.15) is 11.6 Å². The molecule has 0 amide bonds. The van der Waals surface area contributed by atoms with E-state index in [9.17, 15) is 5.26 Å². The van der Waals surface area contributed by atoms with E-state index in [-0.39, 0.29) is 18.2 Å². The lowest BCUT2D eigenvalue weighted by Crippen LogP contribution is -2.21. The molecule has 0 aliphatic carbocycles. The molecule has 0 saturated carbocycles. The average molecular weight is 356 g/mol. The van der Waals surface area contributed by atoms with Crippen LogP contribution in [0.15, 0.2) is 17.5 Å². The first kappa shape index (κ1) is 16.0. The quantitative estimate of drug-likeness (QED) is 0.851. The van der Waals surface area contributed by atoms with E-state index < -0.39 is 5.92 Å². The summed E-state index contributed by atoms with van der Waals surface area (Å²) in [6.45, 7) is 1.90. The Kier molecular flexibility index (Phi) is 3.54. The van der Waals surface area contributed by atoms with Crippen LogP contribution in [0, 0.1) is 18.3 Å². The Balaban J connectivity index is 2.03. The number of nitrogens with one attached hydrogen (secondary N) is 1. The topological polar surface area (TPSA) is 125 Å². The molecule has 134 valence electrons. The molecule has 2 aromatic rings. The molecule has 0 fully saturated rings. The highest BCUT2D eigenvalue weighted by molar-refractivity contribution is 5.68. The van der Waals surface area contributed by atoms with Crippen molar-refractivity contribution >= 4 is 0 Å². The summed E-state index contributed by atoms with van der Waals surface area (Å²) in [4.78, 5) is 0. The lowest BCUT2D eigenvalue weighted by molar-refractivity contribution is 0.168. The molecule has 0 bridgehead atoms. The molecule has 2 aliphatic heterocycles. The van der Waals surface area contributed by atoms with Gasteiger partial charge in [0.15, 0.2) is 11.5 Å². The number of fused-ring (bicyclic) bond motifs is 2. The number of hydrogen-bond donors (Lipinski definition) is 2. The molecule has 3 heterocycles. The van der Waals surface area contributed by atoms with Gasteiger partial charge in [-0.25, -0.2) is 0 Å². The Morgan fingerprint density at radius 3 is 2.77 bits per heavy atom. The van der Waals surface area contributed by atoms with Crippen molar-refractivity contribution in [3.8, 4) is 34.9 Å². The highest BCUT2D eigenvalue weighted by atomic mass is 16.7. The highest BCUT2D eigenvalue weighted by Gasteiger charge is 2.39. The van der Waals surface area contributed by atoms with E-state index in [0.717, 1.165) is 5.69 Å². The summed E-state index contributed by atoms with van der Waals surface area (Å²) < 4.78 is 27.6. The fourth-order valence-electron chi connectivity index (χ4n) is 3.32. The molecule has 3 N–H and O–H groups in total. The van der Waals surface area contributed by atoms with Gasteiger partial charge in [-0.3, -0.25) is 5.10 Å². The number of allylic oxidation sites excluding steroid dienone is 1. The van der Waals surface area contributed by atoms with E-state index in [0.29, 0.717) is 40.0 Å². The number of aryl methyl sites for hydroxylation is 1. The van der Waals surface area contributed by atoms with Crippen LogP contribution in [0.4, 0.5) is 0 Å². The minimum absolute atomic E-state index is 0.00446. The maximum atomic E-state index is 9.70. The Bertz CT molecular complexity index is 973. The van der Waals surface area contributed by atoms with Crippen LogP contribution in [-0.4, -0.2) is 31.2 Å². The van der Waals surface area contributed by atoms with Crippen molar-refractivity contribution in [1.29, 1.82) is 5.26 Å².